The Hall–Kier alpha value is -0.360. The van der Waals surface area contributed by atoms with Gasteiger partial charge in [-0.1, -0.05) is 22.0 Å². The molecule has 0 bridgehead atoms. The van der Waals surface area contributed by atoms with Crippen molar-refractivity contribution in [2.75, 3.05) is 19.4 Å². The van der Waals surface area contributed by atoms with Crippen LogP contribution in [0.5, 0.6) is 0 Å². The van der Waals surface area contributed by atoms with E-state index in [-0.39, 0.29) is 19.4 Å². The minimum absolute atomic E-state index is 0.139. The molecule has 0 unspecified atom stereocenters. The second-order valence-corrected chi connectivity index (χ2v) is 7.28. The van der Waals surface area contributed by atoms with E-state index < -0.39 is 19.3 Å². The molecular formula is C14H19BrF3O3P. The fourth-order valence-corrected chi connectivity index (χ4v) is 4.14. The molecule has 0 saturated carbocycles. The van der Waals surface area contributed by atoms with Crippen LogP contribution in [0.4, 0.5) is 13.2 Å². The van der Waals surface area contributed by atoms with Crippen molar-refractivity contribution in [1.29, 1.82) is 0 Å². The smallest absolute Gasteiger partial charge is 0.309 e. The zero-order chi connectivity index (χ0) is 16.8. The van der Waals surface area contributed by atoms with Crippen molar-refractivity contribution in [3.05, 3.63) is 34.9 Å². The Labute approximate surface area is 136 Å². The van der Waals surface area contributed by atoms with Gasteiger partial charge >= 0.3 is 13.8 Å². The number of aryl methyl sites for hydroxylation is 1. The van der Waals surface area contributed by atoms with E-state index in [0.717, 1.165) is 12.1 Å². The minimum Gasteiger partial charge on any atom is -0.309 e. The maximum absolute atomic E-state index is 12.7. The molecule has 1 aromatic carbocycles. The molecule has 0 spiro atoms. The van der Waals surface area contributed by atoms with Crippen LogP contribution >= 0.6 is 23.5 Å². The van der Waals surface area contributed by atoms with Crippen molar-refractivity contribution in [3.63, 3.8) is 0 Å². The molecule has 3 nitrogen and oxygen atoms in total. The van der Waals surface area contributed by atoms with E-state index in [1.54, 1.807) is 13.8 Å². The fraction of sp³-hybridized carbons (Fsp3) is 0.571. The maximum atomic E-state index is 12.7. The standard InChI is InChI=1S/C14H19BrF3O3P/c1-3-20-22(19,21-4-2)8-7-11-5-6-13(14(16,17)18)9-12(11)10-15/h5-6,9H,3-4,7-8,10H2,1-2H3. The highest BCUT2D eigenvalue weighted by Gasteiger charge is 2.31. The second-order valence-electron chi connectivity index (χ2n) is 4.53. The summed E-state index contributed by atoms with van der Waals surface area (Å²) in [5.74, 6) is 0. The summed E-state index contributed by atoms with van der Waals surface area (Å²) in [6.07, 6.45) is -3.90. The van der Waals surface area contributed by atoms with Gasteiger partial charge in [0.25, 0.3) is 0 Å². The Balaban J connectivity index is 2.91. The lowest BCUT2D eigenvalue weighted by Crippen LogP contribution is -2.08. The van der Waals surface area contributed by atoms with Gasteiger partial charge in [0.1, 0.15) is 0 Å². The summed E-state index contributed by atoms with van der Waals surface area (Å²) in [5.41, 5.74) is 0.530. The Morgan fingerprint density at radius 3 is 2.18 bits per heavy atom. The first-order valence-electron chi connectivity index (χ1n) is 6.88. The molecule has 0 N–H and O–H groups in total. The molecule has 0 heterocycles. The van der Waals surface area contributed by atoms with Crippen molar-refractivity contribution >= 4 is 23.5 Å². The maximum Gasteiger partial charge on any atom is 0.416 e. The van der Waals surface area contributed by atoms with Gasteiger partial charge in [-0.2, -0.15) is 13.2 Å². The van der Waals surface area contributed by atoms with Crippen LogP contribution in [0.1, 0.15) is 30.5 Å². The number of benzene rings is 1. The zero-order valence-corrected chi connectivity index (χ0v) is 14.9. The Kier molecular flexibility index (Phi) is 7.59. The molecule has 0 radical (unpaired) electrons. The molecule has 0 fully saturated rings. The summed E-state index contributed by atoms with van der Waals surface area (Å²) in [6, 6.07) is 3.56. The minimum atomic E-state index is -4.37. The Morgan fingerprint density at radius 1 is 1.14 bits per heavy atom. The molecule has 0 amide bonds. The summed E-state index contributed by atoms with van der Waals surface area (Å²) in [4.78, 5) is 0. The summed E-state index contributed by atoms with van der Waals surface area (Å²) in [6.45, 7) is 3.95. The van der Waals surface area contributed by atoms with Crippen LogP contribution in [0.25, 0.3) is 0 Å². The van der Waals surface area contributed by atoms with Crippen molar-refractivity contribution in [2.45, 2.75) is 31.8 Å². The SMILES string of the molecule is CCOP(=O)(CCc1ccc(C(F)(F)F)cc1CBr)OCC. The Morgan fingerprint density at radius 2 is 1.73 bits per heavy atom. The number of halogens is 4. The highest BCUT2D eigenvalue weighted by atomic mass is 79.9. The van der Waals surface area contributed by atoms with Gasteiger partial charge in [0.2, 0.25) is 0 Å². The van der Waals surface area contributed by atoms with Gasteiger partial charge in [-0.05, 0) is 43.5 Å². The van der Waals surface area contributed by atoms with Gasteiger partial charge in [-0.3, -0.25) is 4.57 Å². The highest BCUT2D eigenvalue weighted by Crippen LogP contribution is 2.48. The van der Waals surface area contributed by atoms with Gasteiger partial charge in [0, 0.05) is 5.33 Å². The first kappa shape index (κ1) is 19.7. The summed E-state index contributed by atoms with van der Waals surface area (Å²) < 4.78 is 60.9. The molecule has 0 aliphatic carbocycles. The first-order valence-corrected chi connectivity index (χ1v) is 9.73. The number of alkyl halides is 4. The molecule has 8 heteroatoms. The van der Waals surface area contributed by atoms with Crippen LogP contribution < -0.4 is 0 Å². The molecule has 0 aromatic heterocycles. The lowest BCUT2D eigenvalue weighted by Gasteiger charge is -2.18. The fourth-order valence-electron chi connectivity index (χ4n) is 1.99. The molecule has 126 valence electrons. The molecule has 0 atom stereocenters. The van der Waals surface area contributed by atoms with Gasteiger partial charge in [0.05, 0.1) is 24.9 Å². The average molecular weight is 403 g/mol. The number of hydrogen-bond acceptors (Lipinski definition) is 3. The third-order valence-electron chi connectivity index (χ3n) is 2.98. The van der Waals surface area contributed by atoms with E-state index in [9.17, 15) is 17.7 Å². The first-order chi connectivity index (χ1) is 10.3. The summed E-state index contributed by atoms with van der Waals surface area (Å²) >= 11 is 3.19. The van der Waals surface area contributed by atoms with Crippen molar-refractivity contribution in [2.24, 2.45) is 0 Å². The quantitative estimate of drug-likeness (QED) is 0.430. The van der Waals surface area contributed by atoms with Crippen molar-refractivity contribution < 1.29 is 26.8 Å². The van der Waals surface area contributed by atoms with E-state index in [0.29, 0.717) is 22.9 Å². The van der Waals surface area contributed by atoms with Crippen LogP contribution in [0.15, 0.2) is 18.2 Å². The topological polar surface area (TPSA) is 35.5 Å². The lowest BCUT2D eigenvalue weighted by molar-refractivity contribution is -0.137. The van der Waals surface area contributed by atoms with Gasteiger partial charge < -0.3 is 9.05 Å². The largest absolute Gasteiger partial charge is 0.416 e. The van der Waals surface area contributed by atoms with E-state index in [2.05, 4.69) is 15.9 Å². The number of hydrogen-bond donors (Lipinski definition) is 0. The monoisotopic (exact) mass is 402 g/mol. The molecule has 0 aliphatic rings. The van der Waals surface area contributed by atoms with Gasteiger partial charge in [-0.15, -0.1) is 0 Å². The molecular weight excluding hydrogens is 384 g/mol. The summed E-state index contributed by atoms with van der Waals surface area (Å²) in [5, 5.41) is 0.291. The normalized spacial score (nSPS) is 12.6. The average Bonchev–Trinajstić information content (AvgIpc) is 2.44. The van der Waals surface area contributed by atoms with E-state index in [1.165, 1.54) is 6.07 Å². The third-order valence-corrected chi connectivity index (χ3v) is 5.66. The predicted molar refractivity (Wildman–Crippen MR) is 83.5 cm³/mol. The molecule has 1 rings (SSSR count). The van der Waals surface area contributed by atoms with Crippen LogP contribution in [-0.4, -0.2) is 19.4 Å². The third kappa shape index (κ3) is 5.69. The van der Waals surface area contributed by atoms with Gasteiger partial charge in [-0.25, -0.2) is 0 Å². The van der Waals surface area contributed by atoms with Gasteiger partial charge in [0.15, 0.2) is 0 Å². The summed E-state index contributed by atoms with van der Waals surface area (Å²) in [7, 11) is -3.20. The van der Waals surface area contributed by atoms with Crippen molar-refractivity contribution in [1.82, 2.24) is 0 Å². The van der Waals surface area contributed by atoms with E-state index in [4.69, 9.17) is 9.05 Å². The molecule has 1 aromatic rings. The lowest BCUT2D eigenvalue weighted by atomic mass is 10.0. The predicted octanol–water partition coefficient (Wildman–Crippen LogP) is 5.41. The molecule has 22 heavy (non-hydrogen) atoms. The van der Waals surface area contributed by atoms with Crippen LogP contribution in [0.3, 0.4) is 0 Å². The van der Waals surface area contributed by atoms with E-state index in [1.807, 2.05) is 0 Å². The van der Waals surface area contributed by atoms with E-state index >= 15 is 0 Å². The second kappa shape index (κ2) is 8.48. The zero-order valence-electron chi connectivity index (χ0n) is 12.5. The molecule has 0 aliphatic heterocycles. The van der Waals surface area contributed by atoms with Crippen LogP contribution in [0.2, 0.25) is 0 Å². The molecule has 0 saturated heterocycles. The highest BCUT2D eigenvalue weighted by molar-refractivity contribution is 9.08. The number of rotatable bonds is 8. The van der Waals surface area contributed by atoms with Crippen LogP contribution in [-0.2, 0) is 31.5 Å². The van der Waals surface area contributed by atoms with Crippen LogP contribution in [0, 0.1) is 0 Å². The van der Waals surface area contributed by atoms with Crippen molar-refractivity contribution in [3.8, 4) is 0 Å². The Bertz CT molecular complexity index is 525.